The van der Waals surface area contributed by atoms with E-state index < -0.39 is 11.9 Å². The number of amides is 2. The first kappa shape index (κ1) is 18.9. The standard InChI is InChI=1S/C22H20FN3O3/c23-17-8-5-14(6-9-17)20-22(29)24-11-12-26(20)19(27)10-7-16-13-15-3-1-2-4-18(15)25-21(16)28/h1-6,8-9,13,20H,7,10-12H2,(H,24,29)(H,25,28). The Morgan fingerprint density at radius 1 is 1.10 bits per heavy atom. The van der Waals surface area contributed by atoms with E-state index in [-0.39, 0.29) is 30.2 Å². The molecular formula is C22H20FN3O3. The second-order valence-corrected chi connectivity index (χ2v) is 7.04. The van der Waals surface area contributed by atoms with Crippen LogP contribution in [0.25, 0.3) is 10.9 Å². The van der Waals surface area contributed by atoms with Gasteiger partial charge in [0, 0.05) is 30.6 Å². The molecule has 0 saturated carbocycles. The van der Waals surface area contributed by atoms with E-state index in [1.54, 1.807) is 6.07 Å². The molecule has 2 amide bonds. The highest BCUT2D eigenvalue weighted by Gasteiger charge is 2.34. The van der Waals surface area contributed by atoms with Crippen molar-refractivity contribution in [1.82, 2.24) is 15.2 Å². The lowest BCUT2D eigenvalue weighted by molar-refractivity contribution is -0.143. The van der Waals surface area contributed by atoms with E-state index in [2.05, 4.69) is 10.3 Å². The summed E-state index contributed by atoms with van der Waals surface area (Å²) in [7, 11) is 0. The Labute approximate surface area is 166 Å². The van der Waals surface area contributed by atoms with Crippen molar-refractivity contribution in [2.75, 3.05) is 13.1 Å². The van der Waals surface area contributed by atoms with Crippen molar-refractivity contribution in [3.8, 4) is 0 Å². The van der Waals surface area contributed by atoms with Crippen molar-refractivity contribution in [2.24, 2.45) is 0 Å². The van der Waals surface area contributed by atoms with Gasteiger partial charge in [0.05, 0.1) is 0 Å². The Balaban J connectivity index is 1.53. The van der Waals surface area contributed by atoms with Gasteiger partial charge in [-0.1, -0.05) is 30.3 Å². The van der Waals surface area contributed by atoms with E-state index in [1.807, 2.05) is 24.3 Å². The van der Waals surface area contributed by atoms with Crippen LogP contribution >= 0.6 is 0 Å². The van der Waals surface area contributed by atoms with Gasteiger partial charge in [-0.15, -0.1) is 0 Å². The van der Waals surface area contributed by atoms with E-state index >= 15 is 0 Å². The molecule has 4 rings (SSSR count). The van der Waals surface area contributed by atoms with Crippen LogP contribution in [0.3, 0.4) is 0 Å². The van der Waals surface area contributed by atoms with E-state index in [4.69, 9.17) is 0 Å². The van der Waals surface area contributed by atoms with Crippen molar-refractivity contribution < 1.29 is 14.0 Å². The molecule has 3 aromatic rings. The van der Waals surface area contributed by atoms with E-state index in [1.165, 1.54) is 29.2 Å². The van der Waals surface area contributed by atoms with Crippen LogP contribution in [0.4, 0.5) is 4.39 Å². The molecule has 0 bridgehead atoms. The maximum absolute atomic E-state index is 13.3. The van der Waals surface area contributed by atoms with Crippen LogP contribution < -0.4 is 10.9 Å². The third-order valence-corrected chi connectivity index (χ3v) is 5.16. The zero-order chi connectivity index (χ0) is 20.4. The van der Waals surface area contributed by atoms with Gasteiger partial charge in [0.2, 0.25) is 11.8 Å². The van der Waals surface area contributed by atoms with Crippen molar-refractivity contribution in [2.45, 2.75) is 18.9 Å². The summed E-state index contributed by atoms with van der Waals surface area (Å²) >= 11 is 0. The van der Waals surface area contributed by atoms with Gasteiger partial charge >= 0.3 is 0 Å². The highest BCUT2D eigenvalue weighted by Crippen LogP contribution is 2.24. The van der Waals surface area contributed by atoms with Gasteiger partial charge in [-0.2, -0.15) is 0 Å². The predicted octanol–water partition coefficient (Wildman–Crippen LogP) is 2.30. The number of hydrogen-bond donors (Lipinski definition) is 2. The Bertz CT molecular complexity index is 1120. The highest BCUT2D eigenvalue weighted by molar-refractivity contribution is 5.90. The first-order valence-electron chi connectivity index (χ1n) is 9.46. The number of nitrogens with zero attached hydrogens (tertiary/aromatic N) is 1. The summed E-state index contributed by atoms with van der Waals surface area (Å²) in [4.78, 5) is 42.0. The number of nitrogens with one attached hydrogen (secondary N) is 2. The lowest BCUT2D eigenvalue weighted by Gasteiger charge is -2.35. The number of aromatic amines is 1. The van der Waals surface area contributed by atoms with Crippen molar-refractivity contribution in [3.05, 3.63) is 81.9 Å². The Morgan fingerprint density at radius 2 is 1.86 bits per heavy atom. The molecule has 1 saturated heterocycles. The first-order chi connectivity index (χ1) is 14.0. The largest absolute Gasteiger partial charge is 0.352 e. The molecule has 1 fully saturated rings. The lowest BCUT2D eigenvalue weighted by Crippen LogP contribution is -2.52. The molecule has 148 valence electrons. The molecule has 0 aliphatic carbocycles. The predicted molar refractivity (Wildman–Crippen MR) is 107 cm³/mol. The molecule has 0 spiro atoms. The average molecular weight is 393 g/mol. The normalized spacial score (nSPS) is 16.7. The van der Waals surface area contributed by atoms with Crippen molar-refractivity contribution in [3.63, 3.8) is 0 Å². The summed E-state index contributed by atoms with van der Waals surface area (Å²) in [6, 6.07) is 14.0. The van der Waals surface area contributed by atoms with Crippen LogP contribution in [-0.2, 0) is 16.0 Å². The van der Waals surface area contributed by atoms with Gasteiger partial charge in [-0.25, -0.2) is 4.39 Å². The van der Waals surface area contributed by atoms with Crippen LogP contribution in [-0.4, -0.2) is 34.8 Å². The Morgan fingerprint density at radius 3 is 2.66 bits per heavy atom. The van der Waals surface area contributed by atoms with Gasteiger partial charge in [0.15, 0.2) is 0 Å². The van der Waals surface area contributed by atoms with Gasteiger partial charge in [0.25, 0.3) is 5.56 Å². The summed E-state index contributed by atoms with van der Waals surface area (Å²) in [6.07, 6.45) is 0.375. The maximum atomic E-state index is 13.3. The van der Waals surface area contributed by atoms with E-state index in [0.29, 0.717) is 24.2 Å². The minimum Gasteiger partial charge on any atom is -0.352 e. The van der Waals surface area contributed by atoms with Crippen LogP contribution in [0.15, 0.2) is 59.4 Å². The Kier molecular flexibility index (Phi) is 5.12. The van der Waals surface area contributed by atoms with Gasteiger partial charge in [-0.05, 0) is 41.6 Å². The summed E-state index contributed by atoms with van der Waals surface area (Å²) < 4.78 is 13.3. The van der Waals surface area contributed by atoms with Crippen molar-refractivity contribution >= 4 is 22.7 Å². The van der Waals surface area contributed by atoms with Crippen LogP contribution in [0.5, 0.6) is 0 Å². The number of H-pyrrole nitrogens is 1. The number of rotatable bonds is 4. The minimum atomic E-state index is -0.799. The fourth-order valence-corrected chi connectivity index (χ4v) is 3.68. The maximum Gasteiger partial charge on any atom is 0.251 e. The first-order valence-corrected chi connectivity index (χ1v) is 9.46. The quantitative estimate of drug-likeness (QED) is 0.714. The molecule has 2 heterocycles. The number of benzene rings is 2. The molecule has 1 aliphatic heterocycles. The number of carbonyl (C=O) groups excluding carboxylic acids is 2. The minimum absolute atomic E-state index is 0.104. The molecule has 29 heavy (non-hydrogen) atoms. The molecular weight excluding hydrogens is 373 g/mol. The topological polar surface area (TPSA) is 82.3 Å². The third-order valence-electron chi connectivity index (χ3n) is 5.16. The second kappa shape index (κ2) is 7.87. The molecule has 2 aromatic carbocycles. The molecule has 1 atom stereocenters. The number of fused-ring (bicyclic) bond motifs is 1. The second-order valence-electron chi connectivity index (χ2n) is 7.04. The molecule has 1 unspecified atom stereocenters. The lowest BCUT2D eigenvalue weighted by atomic mass is 10.0. The number of piperazine rings is 1. The fraction of sp³-hybridized carbons (Fsp3) is 0.227. The zero-order valence-corrected chi connectivity index (χ0v) is 15.7. The number of halogens is 1. The van der Waals surface area contributed by atoms with Gasteiger partial charge in [-0.3, -0.25) is 14.4 Å². The number of para-hydroxylation sites is 1. The van der Waals surface area contributed by atoms with E-state index in [0.717, 1.165) is 10.9 Å². The van der Waals surface area contributed by atoms with Gasteiger partial charge < -0.3 is 15.2 Å². The molecule has 2 N–H and O–H groups in total. The third kappa shape index (κ3) is 3.89. The number of carbonyl (C=O) groups is 2. The number of pyridine rings is 1. The van der Waals surface area contributed by atoms with Crippen LogP contribution in [0.2, 0.25) is 0 Å². The van der Waals surface area contributed by atoms with Gasteiger partial charge in [0.1, 0.15) is 11.9 Å². The smallest absolute Gasteiger partial charge is 0.251 e. The molecule has 7 heteroatoms. The number of aromatic nitrogens is 1. The molecule has 1 aromatic heterocycles. The van der Waals surface area contributed by atoms with Crippen LogP contribution in [0, 0.1) is 5.82 Å². The summed E-state index contributed by atoms with van der Waals surface area (Å²) in [5.41, 5.74) is 1.61. The Hall–Kier alpha value is -3.48. The summed E-state index contributed by atoms with van der Waals surface area (Å²) in [6.45, 7) is 0.722. The van der Waals surface area contributed by atoms with Crippen LogP contribution in [0.1, 0.15) is 23.6 Å². The monoisotopic (exact) mass is 393 g/mol. The SMILES string of the molecule is O=C1NCCN(C(=O)CCc2cc3ccccc3[nH]c2=O)C1c1ccc(F)cc1. The fourth-order valence-electron chi connectivity index (χ4n) is 3.68. The summed E-state index contributed by atoms with van der Waals surface area (Å²) in [5, 5.41) is 3.65. The highest BCUT2D eigenvalue weighted by atomic mass is 19.1. The average Bonchev–Trinajstić information content (AvgIpc) is 2.72. The number of hydrogen-bond acceptors (Lipinski definition) is 3. The number of aryl methyl sites for hydroxylation is 1. The molecule has 6 nitrogen and oxygen atoms in total. The zero-order valence-electron chi connectivity index (χ0n) is 15.7. The molecule has 0 radical (unpaired) electrons. The molecule has 1 aliphatic rings. The van der Waals surface area contributed by atoms with E-state index in [9.17, 15) is 18.8 Å². The van der Waals surface area contributed by atoms with Crippen molar-refractivity contribution in [1.29, 1.82) is 0 Å². The summed E-state index contributed by atoms with van der Waals surface area (Å²) in [5.74, 6) is -0.917.